The molecule has 0 saturated heterocycles. The van der Waals surface area contributed by atoms with Crippen LogP contribution in [-0.2, 0) is 0 Å². The highest BCUT2D eigenvalue weighted by atomic mass is 19.1. The lowest BCUT2D eigenvalue weighted by Crippen LogP contribution is -2.05. The maximum absolute atomic E-state index is 13.5. The summed E-state index contributed by atoms with van der Waals surface area (Å²) in [6.45, 7) is 0. The summed E-state index contributed by atoms with van der Waals surface area (Å²) in [6, 6.07) is 3.68. The van der Waals surface area contributed by atoms with Crippen molar-refractivity contribution in [2.75, 3.05) is 0 Å². The molecule has 1 unspecified atom stereocenters. The van der Waals surface area contributed by atoms with E-state index in [1.54, 1.807) is 0 Å². The Labute approximate surface area is 85.8 Å². The largest absolute Gasteiger partial charge is 0.388 e. The van der Waals surface area contributed by atoms with Gasteiger partial charge in [0, 0.05) is 5.56 Å². The predicted molar refractivity (Wildman–Crippen MR) is 48.8 cm³/mol. The molecule has 0 aromatic heterocycles. The van der Waals surface area contributed by atoms with E-state index < -0.39 is 23.3 Å². The van der Waals surface area contributed by atoms with E-state index in [4.69, 9.17) is 5.26 Å². The molecule has 1 fully saturated rings. The minimum absolute atomic E-state index is 0.0236. The van der Waals surface area contributed by atoms with Crippen molar-refractivity contribution in [1.29, 1.82) is 5.26 Å². The molecule has 1 N–H and O–H groups in total. The minimum atomic E-state index is -0.933. The third-order valence-corrected chi connectivity index (χ3v) is 2.62. The monoisotopic (exact) mass is 209 g/mol. The van der Waals surface area contributed by atoms with E-state index in [1.165, 1.54) is 12.1 Å². The molecule has 4 heteroatoms. The molecule has 0 bridgehead atoms. The zero-order chi connectivity index (χ0) is 11.0. The Morgan fingerprint density at radius 1 is 1.40 bits per heavy atom. The fraction of sp³-hybridized carbons (Fsp3) is 0.364. The average molecular weight is 209 g/mol. The second kappa shape index (κ2) is 3.59. The standard InChI is InChI=1S/C11H9F2NO/c12-9-4-3-7(10(13)8(9)5-14)11(15)6-1-2-6/h3-4,6,11,15H,1-2H2. The SMILES string of the molecule is N#Cc1c(F)ccc(C(O)C2CC2)c1F. The summed E-state index contributed by atoms with van der Waals surface area (Å²) in [5.74, 6) is -1.77. The van der Waals surface area contributed by atoms with Gasteiger partial charge in [0.05, 0.1) is 6.10 Å². The van der Waals surface area contributed by atoms with Gasteiger partial charge in [0.1, 0.15) is 23.3 Å². The Kier molecular flexibility index (Phi) is 2.41. The van der Waals surface area contributed by atoms with Gasteiger partial charge in [0.15, 0.2) is 0 Å². The van der Waals surface area contributed by atoms with Crippen molar-refractivity contribution in [2.45, 2.75) is 18.9 Å². The van der Waals surface area contributed by atoms with Gasteiger partial charge in [-0.2, -0.15) is 5.26 Å². The van der Waals surface area contributed by atoms with Crippen LogP contribution in [0.15, 0.2) is 12.1 Å². The summed E-state index contributed by atoms with van der Waals surface area (Å²) >= 11 is 0. The number of nitriles is 1. The maximum Gasteiger partial charge on any atom is 0.149 e. The number of hydrogen-bond donors (Lipinski definition) is 1. The third kappa shape index (κ3) is 1.71. The van der Waals surface area contributed by atoms with E-state index in [2.05, 4.69) is 0 Å². The van der Waals surface area contributed by atoms with Crippen molar-refractivity contribution < 1.29 is 13.9 Å². The number of rotatable bonds is 2. The van der Waals surface area contributed by atoms with E-state index in [-0.39, 0.29) is 11.5 Å². The summed E-state index contributed by atoms with van der Waals surface area (Å²) < 4.78 is 26.5. The van der Waals surface area contributed by atoms with Crippen molar-refractivity contribution in [3.05, 3.63) is 34.9 Å². The van der Waals surface area contributed by atoms with Crippen LogP contribution in [0.3, 0.4) is 0 Å². The second-order valence-corrected chi connectivity index (χ2v) is 3.72. The van der Waals surface area contributed by atoms with Crippen molar-refractivity contribution >= 4 is 0 Å². The minimum Gasteiger partial charge on any atom is -0.388 e. The first kappa shape index (κ1) is 10.1. The number of halogens is 2. The Balaban J connectivity index is 2.44. The first-order valence-corrected chi connectivity index (χ1v) is 4.71. The molecule has 0 heterocycles. The van der Waals surface area contributed by atoms with Crippen LogP contribution in [0.25, 0.3) is 0 Å². The highest BCUT2D eigenvalue weighted by Gasteiger charge is 2.33. The Morgan fingerprint density at radius 3 is 2.60 bits per heavy atom. The van der Waals surface area contributed by atoms with Crippen molar-refractivity contribution in [3.63, 3.8) is 0 Å². The molecular weight excluding hydrogens is 200 g/mol. The van der Waals surface area contributed by atoms with Gasteiger partial charge >= 0.3 is 0 Å². The van der Waals surface area contributed by atoms with Crippen LogP contribution in [0.2, 0.25) is 0 Å². The molecule has 1 atom stereocenters. The Bertz CT molecular complexity index is 435. The lowest BCUT2D eigenvalue weighted by Gasteiger charge is -2.11. The van der Waals surface area contributed by atoms with Crippen molar-refractivity contribution in [3.8, 4) is 6.07 Å². The smallest absolute Gasteiger partial charge is 0.149 e. The van der Waals surface area contributed by atoms with Gasteiger partial charge in [0.25, 0.3) is 0 Å². The van der Waals surface area contributed by atoms with E-state index in [1.807, 2.05) is 0 Å². The summed E-state index contributed by atoms with van der Waals surface area (Å²) in [5, 5.41) is 18.2. The quantitative estimate of drug-likeness (QED) is 0.812. The van der Waals surface area contributed by atoms with Gasteiger partial charge in [-0.25, -0.2) is 8.78 Å². The van der Waals surface area contributed by atoms with Crippen LogP contribution in [0.1, 0.15) is 30.1 Å². The van der Waals surface area contributed by atoms with Crippen LogP contribution in [0, 0.1) is 28.9 Å². The molecule has 2 nitrogen and oxygen atoms in total. The predicted octanol–water partition coefficient (Wildman–Crippen LogP) is 2.28. The molecule has 2 rings (SSSR count). The summed E-state index contributed by atoms with van der Waals surface area (Å²) in [4.78, 5) is 0. The zero-order valence-corrected chi connectivity index (χ0v) is 7.87. The molecule has 0 radical (unpaired) electrons. The van der Waals surface area contributed by atoms with E-state index >= 15 is 0 Å². The van der Waals surface area contributed by atoms with Gasteiger partial charge in [-0.15, -0.1) is 0 Å². The molecule has 0 spiro atoms. The van der Waals surface area contributed by atoms with Gasteiger partial charge < -0.3 is 5.11 Å². The van der Waals surface area contributed by atoms with Gasteiger partial charge in [0.2, 0.25) is 0 Å². The van der Waals surface area contributed by atoms with Crippen molar-refractivity contribution in [1.82, 2.24) is 0 Å². The molecule has 0 aliphatic heterocycles. The molecule has 78 valence electrons. The Morgan fingerprint density at radius 2 is 2.07 bits per heavy atom. The first-order chi connectivity index (χ1) is 7.15. The van der Waals surface area contributed by atoms with Crippen molar-refractivity contribution in [2.24, 2.45) is 5.92 Å². The molecule has 0 amide bonds. The number of hydrogen-bond acceptors (Lipinski definition) is 2. The van der Waals surface area contributed by atoms with E-state index in [0.717, 1.165) is 18.9 Å². The molecule has 1 aliphatic rings. The fourth-order valence-corrected chi connectivity index (χ4v) is 1.57. The van der Waals surface area contributed by atoms with E-state index in [9.17, 15) is 13.9 Å². The lowest BCUT2D eigenvalue weighted by atomic mass is 10.0. The lowest BCUT2D eigenvalue weighted by molar-refractivity contribution is 0.149. The summed E-state index contributed by atoms with van der Waals surface area (Å²) in [5.41, 5.74) is -0.595. The molecule has 1 aliphatic carbocycles. The molecule has 1 saturated carbocycles. The van der Waals surface area contributed by atoms with Crippen LogP contribution in [0.4, 0.5) is 8.78 Å². The number of aliphatic hydroxyl groups is 1. The van der Waals surface area contributed by atoms with Crippen LogP contribution in [0.5, 0.6) is 0 Å². The molecule has 15 heavy (non-hydrogen) atoms. The van der Waals surface area contributed by atoms with Crippen LogP contribution >= 0.6 is 0 Å². The molecule has 1 aromatic carbocycles. The highest BCUT2D eigenvalue weighted by Crippen LogP contribution is 2.41. The normalized spacial score (nSPS) is 17.2. The first-order valence-electron chi connectivity index (χ1n) is 4.71. The Hall–Kier alpha value is -1.47. The third-order valence-electron chi connectivity index (χ3n) is 2.62. The number of aliphatic hydroxyl groups excluding tert-OH is 1. The van der Waals surface area contributed by atoms with Crippen LogP contribution in [-0.4, -0.2) is 5.11 Å². The average Bonchev–Trinajstić information content (AvgIpc) is 3.01. The van der Waals surface area contributed by atoms with E-state index in [0.29, 0.717) is 0 Å². The molecule has 1 aromatic rings. The summed E-state index contributed by atoms with van der Waals surface area (Å²) in [7, 11) is 0. The fourth-order valence-electron chi connectivity index (χ4n) is 1.57. The highest BCUT2D eigenvalue weighted by molar-refractivity contribution is 5.37. The maximum atomic E-state index is 13.5. The zero-order valence-electron chi connectivity index (χ0n) is 7.87. The second-order valence-electron chi connectivity index (χ2n) is 3.72. The van der Waals surface area contributed by atoms with Gasteiger partial charge in [-0.3, -0.25) is 0 Å². The topological polar surface area (TPSA) is 44.0 Å². The summed E-state index contributed by atoms with van der Waals surface area (Å²) in [6.07, 6.45) is 0.775. The number of nitrogens with zero attached hydrogens (tertiary/aromatic N) is 1. The van der Waals surface area contributed by atoms with Gasteiger partial charge in [-0.05, 0) is 24.8 Å². The van der Waals surface area contributed by atoms with Crippen LogP contribution < -0.4 is 0 Å². The van der Waals surface area contributed by atoms with Gasteiger partial charge in [-0.1, -0.05) is 6.07 Å². The number of benzene rings is 1. The molecular formula is C11H9F2NO.